The Labute approximate surface area is 159 Å². The van der Waals surface area contributed by atoms with E-state index in [-0.39, 0.29) is 17.1 Å². The molecule has 0 saturated carbocycles. The summed E-state index contributed by atoms with van der Waals surface area (Å²) in [6.07, 6.45) is 0.385. The first-order chi connectivity index (χ1) is 12.7. The van der Waals surface area contributed by atoms with Crippen molar-refractivity contribution in [2.24, 2.45) is 5.92 Å². The zero-order chi connectivity index (χ0) is 20.2. The van der Waals surface area contributed by atoms with Crippen molar-refractivity contribution in [2.45, 2.75) is 25.2 Å². The monoisotopic (exact) mass is 399 g/mol. The summed E-state index contributed by atoms with van der Waals surface area (Å²) in [5.41, 5.74) is 0.217. The number of hydrogen-bond donors (Lipinski definition) is 2. The van der Waals surface area contributed by atoms with E-state index in [1.165, 1.54) is 34.5 Å². The second-order valence-electron chi connectivity index (χ2n) is 6.15. The van der Waals surface area contributed by atoms with Gasteiger partial charge in [0.05, 0.1) is 23.6 Å². The van der Waals surface area contributed by atoms with E-state index in [2.05, 4.69) is 5.32 Å². The molecule has 10 heteroatoms. The van der Waals surface area contributed by atoms with Gasteiger partial charge in [0, 0.05) is 26.2 Å². The van der Waals surface area contributed by atoms with Gasteiger partial charge in [-0.05, 0) is 24.6 Å². The third-order valence-corrected chi connectivity index (χ3v) is 6.63. The van der Waals surface area contributed by atoms with Gasteiger partial charge in [-0.2, -0.15) is 4.31 Å². The molecule has 0 aromatic heterocycles. The molecular weight excluding hydrogens is 374 g/mol. The fourth-order valence-corrected chi connectivity index (χ4v) is 4.48. The predicted octanol–water partition coefficient (Wildman–Crippen LogP) is 1.66. The quantitative estimate of drug-likeness (QED) is 0.720. The number of sulfonamides is 1. The Morgan fingerprint density at radius 2 is 2.00 bits per heavy atom. The molecule has 0 aliphatic carbocycles. The van der Waals surface area contributed by atoms with Crippen molar-refractivity contribution in [3.05, 3.63) is 18.2 Å². The van der Waals surface area contributed by atoms with E-state index in [9.17, 15) is 18.0 Å². The van der Waals surface area contributed by atoms with Crippen molar-refractivity contribution in [1.82, 2.24) is 9.21 Å². The number of likely N-dealkylation sites (tertiary alicyclic amines) is 1. The summed E-state index contributed by atoms with van der Waals surface area (Å²) in [5.74, 6) is -1.21. The first-order valence-corrected chi connectivity index (χ1v) is 10.2. The molecule has 1 fully saturated rings. The van der Waals surface area contributed by atoms with Gasteiger partial charge in [0.15, 0.2) is 0 Å². The Bertz CT molecular complexity index is 807. The van der Waals surface area contributed by atoms with Crippen molar-refractivity contribution < 1.29 is 27.9 Å². The summed E-state index contributed by atoms with van der Waals surface area (Å²) in [6, 6.07) is 3.78. The highest BCUT2D eigenvalue weighted by molar-refractivity contribution is 7.89. The number of carboxylic acid groups (broad SMARTS) is 1. The lowest BCUT2D eigenvalue weighted by atomic mass is 10.1. The van der Waals surface area contributed by atoms with Crippen LogP contribution in [0.15, 0.2) is 23.1 Å². The number of nitrogens with one attached hydrogen (secondary N) is 1. The zero-order valence-corrected chi connectivity index (χ0v) is 16.5. The normalized spacial score (nSPS) is 17.2. The molecule has 1 heterocycles. The van der Waals surface area contributed by atoms with Gasteiger partial charge >= 0.3 is 12.0 Å². The lowest BCUT2D eigenvalue weighted by Crippen LogP contribution is -2.34. The maximum atomic E-state index is 12.7. The SMILES string of the molecule is CCN(CC)S(=O)(=O)c1ccc(OC)c(NC(=O)N2CCC(C(=O)O)C2)c1. The van der Waals surface area contributed by atoms with Crippen molar-refractivity contribution in [3.8, 4) is 5.75 Å². The minimum atomic E-state index is -3.69. The summed E-state index contributed by atoms with van der Waals surface area (Å²) in [5, 5.41) is 11.7. The van der Waals surface area contributed by atoms with Crippen LogP contribution in [0.4, 0.5) is 10.5 Å². The second-order valence-corrected chi connectivity index (χ2v) is 8.09. The molecule has 0 bridgehead atoms. The summed E-state index contributed by atoms with van der Waals surface area (Å²) < 4.78 is 31.9. The van der Waals surface area contributed by atoms with Crippen LogP contribution in [0.1, 0.15) is 20.3 Å². The molecule has 0 spiro atoms. The van der Waals surface area contributed by atoms with Crippen molar-refractivity contribution in [1.29, 1.82) is 0 Å². The molecule has 1 aliphatic rings. The standard InChI is InChI=1S/C17H25N3O6S/c1-4-20(5-2)27(24,25)13-6-7-15(26-3)14(10-13)18-17(23)19-9-8-12(11-19)16(21)22/h6-7,10,12H,4-5,8-9,11H2,1-3H3,(H,18,23)(H,21,22). The van der Waals surface area contributed by atoms with E-state index < -0.39 is 27.9 Å². The summed E-state index contributed by atoms with van der Waals surface area (Å²) in [6.45, 7) is 4.59. The molecule has 2 N–H and O–H groups in total. The molecular formula is C17H25N3O6S. The number of ether oxygens (including phenoxy) is 1. The Morgan fingerprint density at radius 1 is 1.33 bits per heavy atom. The number of carbonyl (C=O) groups is 2. The fourth-order valence-electron chi connectivity index (χ4n) is 3.00. The number of anilines is 1. The van der Waals surface area contributed by atoms with Crippen molar-refractivity contribution >= 4 is 27.7 Å². The third kappa shape index (κ3) is 4.51. The molecule has 2 rings (SSSR count). The van der Waals surface area contributed by atoms with Crippen LogP contribution >= 0.6 is 0 Å². The van der Waals surface area contributed by atoms with E-state index >= 15 is 0 Å². The topological polar surface area (TPSA) is 116 Å². The van der Waals surface area contributed by atoms with Gasteiger partial charge in [-0.25, -0.2) is 13.2 Å². The zero-order valence-electron chi connectivity index (χ0n) is 15.6. The van der Waals surface area contributed by atoms with Crippen LogP contribution < -0.4 is 10.1 Å². The van der Waals surface area contributed by atoms with Crippen molar-refractivity contribution in [2.75, 3.05) is 38.6 Å². The van der Waals surface area contributed by atoms with E-state index in [1.807, 2.05) is 0 Å². The predicted molar refractivity (Wildman–Crippen MR) is 99.4 cm³/mol. The van der Waals surface area contributed by atoms with Gasteiger partial charge < -0.3 is 20.1 Å². The maximum absolute atomic E-state index is 12.7. The van der Waals surface area contributed by atoms with Crippen LogP contribution in [0.2, 0.25) is 0 Å². The maximum Gasteiger partial charge on any atom is 0.321 e. The summed E-state index contributed by atoms with van der Waals surface area (Å²) in [7, 11) is -2.27. The van der Waals surface area contributed by atoms with Gasteiger partial charge in [0.1, 0.15) is 5.75 Å². The molecule has 0 radical (unpaired) electrons. The van der Waals surface area contributed by atoms with E-state index in [0.29, 0.717) is 31.8 Å². The number of nitrogens with zero attached hydrogens (tertiary/aromatic N) is 2. The molecule has 9 nitrogen and oxygen atoms in total. The van der Waals surface area contributed by atoms with Gasteiger partial charge in [0.2, 0.25) is 10.0 Å². The highest BCUT2D eigenvalue weighted by atomic mass is 32.2. The smallest absolute Gasteiger partial charge is 0.321 e. The highest BCUT2D eigenvalue weighted by Crippen LogP contribution is 2.29. The van der Waals surface area contributed by atoms with Gasteiger partial charge in [-0.15, -0.1) is 0 Å². The number of carboxylic acids is 1. The number of amides is 2. The van der Waals surface area contributed by atoms with E-state index in [1.54, 1.807) is 13.8 Å². The molecule has 1 atom stereocenters. The lowest BCUT2D eigenvalue weighted by Gasteiger charge is -2.21. The van der Waals surface area contributed by atoms with Crippen LogP contribution in [0.5, 0.6) is 5.75 Å². The molecule has 150 valence electrons. The Kier molecular flexibility index (Phi) is 6.66. The average molecular weight is 399 g/mol. The van der Waals surface area contributed by atoms with E-state index in [4.69, 9.17) is 9.84 Å². The molecule has 1 aromatic rings. The molecule has 2 amide bonds. The summed E-state index contributed by atoms with van der Waals surface area (Å²) in [4.78, 5) is 25.0. The molecule has 1 aliphatic heterocycles. The van der Waals surface area contributed by atoms with Crippen LogP contribution in [0.3, 0.4) is 0 Å². The minimum absolute atomic E-state index is 0.0483. The lowest BCUT2D eigenvalue weighted by molar-refractivity contribution is -0.141. The number of carbonyl (C=O) groups excluding carboxylic acids is 1. The number of urea groups is 1. The largest absolute Gasteiger partial charge is 0.495 e. The van der Waals surface area contributed by atoms with Gasteiger partial charge in [-0.1, -0.05) is 13.8 Å². The van der Waals surface area contributed by atoms with Gasteiger partial charge in [-0.3, -0.25) is 4.79 Å². The highest BCUT2D eigenvalue weighted by Gasteiger charge is 2.31. The first kappa shape index (κ1) is 21.0. The van der Waals surface area contributed by atoms with Crippen LogP contribution in [-0.4, -0.2) is 68.0 Å². The summed E-state index contributed by atoms with van der Waals surface area (Å²) >= 11 is 0. The number of aliphatic carboxylic acids is 1. The van der Waals surface area contributed by atoms with Crippen LogP contribution in [0.25, 0.3) is 0 Å². The molecule has 1 saturated heterocycles. The average Bonchev–Trinajstić information content (AvgIpc) is 3.13. The molecule has 27 heavy (non-hydrogen) atoms. The van der Waals surface area contributed by atoms with E-state index in [0.717, 1.165) is 0 Å². The third-order valence-electron chi connectivity index (χ3n) is 4.58. The number of hydrogen-bond acceptors (Lipinski definition) is 5. The molecule has 1 unspecified atom stereocenters. The Hall–Kier alpha value is -2.33. The van der Waals surface area contributed by atoms with Crippen molar-refractivity contribution in [3.63, 3.8) is 0 Å². The minimum Gasteiger partial charge on any atom is -0.495 e. The Morgan fingerprint density at radius 3 is 2.52 bits per heavy atom. The Balaban J connectivity index is 2.26. The second kappa shape index (κ2) is 8.57. The van der Waals surface area contributed by atoms with Crippen LogP contribution in [0, 0.1) is 5.92 Å². The molecule has 1 aromatic carbocycles. The number of benzene rings is 1. The number of methoxy groups -OCH3 is 1. The first-order valence-electron chi connectivity index (χ1n) is 8.71. The van der Waals surface area contributed by atoms with Gasteiger partial charge in [0.25, 0.3) is 0 Å². The number of rotatable bonds is 7. The van der Waals surface area contributed by atoms with Crippen LogP contribution in [-0.2, 0) is 14.8 Å². The fraction of sp³-hybridized carbons (Fsp3) is 0.529.